The predicted molar refractivity (Wildman–Crippen MR) is 127 cm³/mol. The van der Waals surface area contributed by atoms with Gasteiger partial charge in [0.25, 0.3) is 0 Å². The Bertz CT molecular complexity index is 1060. The molecule has 3 saturated carbocycles. The van der Waals surface area contributed by atoms with Crippen molar-refractivity contribution in [1.82, 2.24) is 0 Å². The standard InChI is InChI=1S/C29H36O4/c1-27-17-24-22-7-5-21(33-2)14-18(22)16-28-11-8-20(31)15-19(28)4-6-23(26(24)28)25(27)9-12-29(27,32)10-3-13-30/h3,5,7,10,14-15,23-26,30,32H,4,6,8-9,11-13,16-17H2,1-2H3/b10-3-/t23-,24?,25-,26?,27-,28+,29-/m0/s1. The first kappa shape index (κ1) is 21.6. The van der Waals surface area contributed by atoms with Crippen molar-refractivity contribution < 1.29 is 19.7 Å². The molecule has 3 fully saturated rings. The maximum absolute atomic E-state index is 12.4. The summed E-state index contributed by atoms with van der Waals surface area (Å²) in [5, 5.41) is 21.3. The molecule has 176 valence electrons. The van der Waals surface area contributed by atoms with Crippen LogP contribution in [-0.4, -0.2) is 35.3 Å². The monoisotopic (exact) mass is 448 g/mol. The second kappa shape index (κ2) is 7.29. The van der Waals surface area contributed by atoms with Crippen molar-refractivity contribution >= 4 is 5.78 Å². The molecule has 1 aromatic rings. The summed E-state index contributed by atoms with van der Waals surface area (Å²) >= 11 is 0. The van der Waals surface area contributed by atoms with Gasteiger partial charge in [-0.3, -0.25) is 4.79 Å². The Hall–Kier alpha value is -1.91. The number of aliphatic hydroxyl groups is 2. The highest BCUT2D eigenvalue weighted by Gasteiger charge is 2.67. The largest absolute Gasteiger partial charge is 0.497 e. The van der Waals surface area contributed by atoms with Gasteiger partial charge in [-0.2, -0.15) is 0 Å². The molecule has 33 heavy (non-hydrogen) atoms. The SMILES string of the molecule is COc1ccc2c(c1)C[C@]13CCC(=O)C=C1CC[C@@H]1C3C2C[C@@]2(C)[C@H]1CC[C@@]2(O)/C=C\CO. The summed E-state index contributed by atoms with van der Waals surface area (Å²) in [6.45, 7) is 2.27. The molecule has 6 rings (SSSR count). The fourth-order valence-corrected chi connectivity index (χ4v) is 9.27. The maximum Gasteiger partial charge on any atom is 0.155 e. The number of methoxy groups -OCH3 is 1. The zero-order valence-corrected chi connectivity index (χ0v) is 19.8. The van der Waals surface area contributed by atoms with Crippen LogP contribution < -0.4 is 4.74 Å². The topological polar surface area (TPSA) is 66.8 Å². The lowest BCUT2D eigenvalue weighted by molar-refractivity contribution is -0.128. The first-order valence-electron chi connectivity index (χ1n) is 12.8. The molecule has 5 aliphatic rings. The normalized spacial score (nSPS) is 43.4. The summed E-state index contributed by atoms with van der Waals surface area (Å²) in [4.78, 5) is 12.4. The van der Waals surface area contributed by atoms with E-state index in [2.05, 4.69) is 25.1 Å². The Balaban J connectivity index is 1.53. The second-order valence-corrected chi connectivity index (χ2v) is 11.6. The lowest BCUT2D eigenvalue weighted by Crippen LogP contribution is -2.59. The molecule has 0 amide bonds. The summed E-state index contributed by atoms with van der Waals surface area (Å²) in [7, 11) is 1.73. The van der Waals surface area contributed by atoms with Gasteiger partial charge >= 0.3 is 0 Å². The number of carbonyl (C=O) groups excluding carboxylic acids is 1. The van der Waals surface area contributed by atoms with E-state index in [4.69, 9.17) is 4.74 Å². The summed E-state index contributed by atoms with van der Waals surface area (Å²) in [5.74, 6) is 3.14. The van der Waals surface area contributed by atoms with Gasteiger partial charge in [-0.25, -0.2) is 0 Å². The van der Waals surface area contributed by atoms with E-state index in [9.17, 15) is 15.0 Å². The van der Waals surface area contributed by atoms with Crippen LogP contribution in [-0.2, 0) is 11.2 Å². The Labute approximate surface area is 196 Å². The predicted octanol–water partition coefficient (Wildman–Crippen LogP) is 4.74. The van der Waals surface area contributed by atoms with Crippen LogP contribution >= 0.6 is 0 Å². The van der Waals surface area contributed by atoms with Crippen molar-refractivity contribution in [3.63, 3.8) is 0 Å². The van der Waals surface area contributed by atoms with Gasteiger partial charge in [0.05, 0.1) is 19.3 Å². The van der Waals surface area contributed by atoms with Gasteiger partial charge in [-0.15, -0.1) is 0 Å². The highest BCUT2D eigenvalue weighted by molar-refractivity contribution is 5.91. The number of ketones is 1. The molecule has 1 aromatic carbocycles. The molecular formula is C29H36O4. The van der Waals surface area contributed by atoms with E-state index < -0.39 is 5.60 Å². The molecule has 1 spiro atoms. The van der Waals surface area contributed by atoms with Gasteiger partial charge in [-0.05, 0) is 103 Å². The van der Waals surface area contributed by atoms with Gasteiger partial charge in [0.1, 0.15) is 5.75 Å². The molecule has 4 nitrogen and oxygen atoms in total. The number of allylic oxidation sites excluding steroid dienone is 1. The van der Waals surface area contributed by atoms with Crippen molar-refractivity contribution in [3.05, 3.63) is 53.1 Å². The van der Waals surface area contributed by atoms with Crippen molar-refractivity contribution in [2.75, 3.05) is 13.7 Å². The third kappa shape index (κ3) is 2.80. The average molecular weight is 449 g/mol. The Morgan fingerprint density at radius 2 is 2.06 bits per heavy atom. The molecule has 0 bridgehead atoms. The van der Waals surface area contributed by atoms with Crippen LogP contribution in [0.15, 0.2) is 42.0 Å². The van der Waals surface area contributed by atoms with Gasteiger partial charge in [0.2, 0.25) is 0 Å². The smallest absolute Gasteiger partial charge is 0.155 e. The fraction of sp³-hybridized carbons (Fsp3) is 0.621. The van der Waals surface area contributed by atoms with Gasteiger partial charge in [0, 0.05) is 11.8 Å². The number of hydrogen-bond acceptors (Lipinski definition) is 4. The molecule has 5 aliphatic carbocycles. The molecule has 0 saturated heterocycles. The number of aliphatic hydroxyl groups excluding tert-OH is 1. The van der Waals surface area contributed by atoms with Crippen molar-refractivity contribution in [1.29, 1.82) is 0 Å². The van der Waals surface area contributed by atoms with E-state index in [0.29, 0.717) is 35.9 Å². The number of benzene rings is 1. The van der Waals surface area contributed by atoms with Crippen molar-refractivity contribution in [2.24, 2.45) is 28.6 Å². The second-order valence-electron chi connectivity index (χ2n) is 11.6. The molecule has 2 N–H and O–H groups in total. The van der Waals surface area contributed by atoms with E-state index in [-0.39, 0.29) is 17.4 Å². The van der Waals surface area contributed by atoms with Crippen LogP contribution in [0.1, 0.15) is 68.9 Å². The van der Waals surface area contributed by atoms with Crippen LogP contribution in [0.2, 0.25) is 0 Å². The first-order chi connectivity index (χ1) is 15.8. The molecule has 0 radical (unpaired) electrons. The molecular weight excluding hydrogens is 412 g/mol. The van der Waals surface area contributed by atoms with Crippen LogP contribution in [0.4, 0.5) is 0 Å². The van der Waals surface area contributed by atoms with Gasteiger partial charge < -0.3 is 14.9 Å². The molecule has 2 unspecified atom stereocenters. The minimum Gasteiger partial charge on any atom is -0.497 e. The Morgan fingerprint density at radius 1 is 1.21 bits per heavy atom. The molecule has 0 aliphatic heterocycles. The zero-order chi connectivity index (χ0) is 23.0. The van der Waals surface area contributed by atoms with E-state index in [1.807, 2.05) is 12.2 Å². The van der Waals surface area contributed by atoms with Crippen molar-refractivity contribution in [3.8, 4) is 5.75 Å². The van der Waals surface area contributed by atoms with Gasteiger partial charge in [0.15, 0.2) is 5.78 Å². The minimum absolute atomic E-state index is 0.0353. The Morgan fingerprint density at radius 3 is 2.85 bits per heavy atom. The van der Waals surface area contributed by atoms with Crippen LogP contribution in [0.25, 0.3) is 0 Å². The van der Waals surface area contributed by atoms with E-state index in [0.717, 1.165) is 50.7 Å². The zero-order valence-electron chi connectivity index (χ0n) is 19.8. The molecule has 7 atom stereocenters. The van der Waals surface area contributed by atoms with E-state index in [1.54, 1.807) is 13.2 Å². The van der Waals surface area contributed by atoms with Crippen LogP contribution in [0.5, 0.6) is 5.75 Å². The number of fused-ring (bicyclic) bond motifs is 4. The van der Waals surface area contributed by atoms with Crippen LogP contribution in [0, 0.1) is 28.6 Å². The van der Waals surface area contributed by atoms with Crippen molar-refractivity contribution in [2.45, 2.75) is 69.8 Å². The van der Waals surface area contributed by atoms with E-state index in [1.165, 1.54) is 16.7 Å². The lowest BCUT2D eigenvalue weighted by atomic mass is 9.39. The highest BCUT2D eigenvalue weighted by Crippen LogP contribution is 2.73. The first-order valence-corrected chi connectivity index (χ1v) is 12.8. The molecule has 0 aromatic heterocycles. The number of hydrogen-bond donors (Lipinski definition) is 2. The third-order valence-electron chi connectivity index (χ3n) is 10.6. The summed E-state index contributed by atoms with van der Waals surface area (Å²) in [6.07, 6.45) is 13.2. The Kier molecular flexibility index (Phi) is 4.78. The minimum atomic E-state index is -0.874. The molecule has 0 heterocycles. The highest BCUT2D eigenvalue weighted by atomic mass is 16.5. The van der Waals surface area contributed by atoms with E-state index >= 15 is 0 Å². The summed E-state index contributed by atoms with van der Waals surface area (Å²) in [6, 6.07) is 6.59. The fourth-order valence-electron chi connectivity index (χ4n) is 9.27. The number of carbonyl (C=O) groups is 1. The summed E-state index contributed by atoms with van der Waals surface area (Å²) in [5.41, 5.74) is 3.17. The number of rotatable bonds is 3. The number of ether oxygens (including phenoxy) is 1. The third-order valence-corrected chi connectivity index (χ3v) is 10.6. The quantitative estimate of drug-likeness (QED) is 0.656. The van der Waals surface area contributed by atoms with Crippen LogP contribution in [0.3, 0.4) is 0 Å². The average Bonchev–Trinajstić information content (AvgIpc) is 3.08. The maximum atomic E-state index is 12.4. The summed E-state index contributed by atoms with van der Waals surface area (Å²) < 4.78 is 5.60. The van der Waals surface area contributed by atoms with Gasteiger partial charge in [-0.1, -0.05) is 30.7 Å². The molecule has 4 heteroatoms. The lowest BCUT2D eigenvalue weighted by Gasteiger charge is -2.64.